The summed E-state index contributed by atoms with van der Waals surface area (Å²) in [6.45, 7) is 0. The number of nitrogens with zero attached hydrogens (tertiary/aromatic N) is 1. The third-order valence-corrected chi connectivity index (χ3v) is 5.38. The summed E-state index contributed by atoms with van der Waals surface area (Å²) >= 11 is 6.07. The second-order valence-corrected chi connectivity index (χ2v) is 7.46. The molecular formula is C24H16ClF2NO4. The third-order valence-electron chi connectivity index (χ3n) is 5.15. The number of amides is 1. The zero-order valence-corrected chi connectivity index (χ0v) is 17.4. The van der Waals surface area contributed by atoms with Gasteiger partial charge in [0.25, 0.3) is 11.7 Å². The molecule has 0 spiro atoms. The number of Topliss-reactive ketones (excluding diaryl/α,β-unsaturated/α-hetero) is 1. The van der Waals surface area contributed by atoms with Crippen LogP contribution in [0.25, 0.3) is 5.76 Å². The third kappa shape index (κ3) is 3.61. The second kappa shape index (κ2) is 8.43. The fourth-order valence-electron chi connectivity index (χ4n) is 3.72. The molecule has 162 valence electrons. The van der Waals surface area contributed by atoms with E-state index in [1.54, 1.807) is 36.4 Å². The van der Waals surface area contributed by atoms with Crippen LogP contribution in [-0.2, 0) is 9.59 Å². The van der Waals surface area contributed by atoms with Gasteiger partial charge < -0.3 is 9.84 Å². The largest absolute Gasteiger partial charge is 0.507 e. The number of anilines is 1. The van der Waals surface area contributed by atoms with Crippen molar-refractivity contribution in [2.75, 3.05) is 12.0 Å². The van der Waals surface area contributed by atoms with Gasteiger partial charge in [-0.25, -0.2) is 8.78 Å². The van der Waals surface area contributed by atoms with Crippen LogP contribution in [-0.4, -0.2) is 23.9 Å². The van der Waals surface area contributed by atoms with Gasteiger partial charge in [0.15, 0.2) is 0 Å². The lowest BCUT2D eigenvalue weighted by molar-refractivity contribution is -0.132. The lowest BCUT2D eigenvalue weighted by Crippen LogP contribution is -2.30. The van der Waals surface area contributed by atoms with E-state index >= 15 is 0 Å². The Morgan fingerprint density at radius 2 is 1.75 bits per heavy atom. The molecule has 1 atom stereocenters. The fourth-order valence-corrected chi connectivity index (χ4v) is 3.89. The summed E-state index contributed by atoms with van der Waals surface area (Å²) in [7, 11) is 1.38. The number of carbonyl (C=O) groups is 2. The predicted molar refractivity (Wildman–Crippen MR) is 116 cm³/mol. The van der Waals surface area contributed by atoms with E-state index < -0.39 is 35.1 Å². The van der Waals surface area contributed by atoms with E-state index in [1.165, 1.54) is 19.2 Å². The first-order valence-corrected chi connectivity index (χ1v) is 9.86. The fraction of sp³-hybridized carbons (Fsp3) is 0.0833. The van der Waals surface area contributed by atoms with Crippen molar-refractivity contribution in [3.8, 4) is 5.75 Å². The smallest absolute Gasteiger partial charge is 0.300 e. The monoisotopic (exact) mass is 455 g/mol. The Morgan fingerprint density at radius 3 is 2.41 bits per heavy atom. The maximum atomic E-state index is 14.7. The summed E-state index contributed by atoms with van der Waals surface area (Å²) < 4.78 is 33.4. The highest BCUT2D eigenvalue weighted by Crippen LogP contribution is 2.44. The van der Waals surface area contributed by atoms with E-state index in [0.717, 1.165) is 17.0 Å². The van der Waals surface area contributed by atoms with Crippen molar-refractivity contribution in [2.24, 2.45) is 0 Å². The van der Waals surface area contributed by atoms with Crippen LogP contribution in [0.3, 0.4) is 0 Å². The van der Waals surface area contributed by atoms with Crippen LogP contribution in [0.15, 0.2) is 72.3 Å². The Kier molecular flexibility index (Phi) is 5.67. The van der Waals surface area contributed by atoms with E-state index in [-0.39, 0.29) is 27.6 Å². The van der Waals surface area contributed by atoms with Crippen LogP contribution in [0.1, 0.15) is 17.2 Å². The summed E-state index contributed by atoms with van der Waals surface area (Å²) in [5.74, 6) is -4.25. The number of aliphatic hydroxyl groups is 1. The van der Waals surface area contributed by atoms with Gasteiger partial charge in [-0.3, -0.25) is 14.5 Å². The van der Waals surface area contributed by atoms with Crippen LogP contribution in [0.2, 0.25) is 5.02 Å². The number of methoxy groups -OCH3 is 1. The molecule has 1 aliphatic rings. The van der Waals surface area contributed by atoms with Crippen LogP contribution < -0.4 is 9.64 Å². The summed E-state index contributed by atoms with van der Waals surface area (Å²) in [4.78, 5) is 27.0. The molecule has 1 unspecified atom stereocenters. The predicted octanol–water partition coefficient (Wildman–Crippen LogP) is 5.25. The average Bonchev–Trinajstić information content (AvgIpc) is 3.04. The maximum Gasteiger partial charge on any atom is 0.300 e. The van der Waals surface area contributed by atoms with Gasteiger partial charge >= 0.3 is 0 Å². The molecule has 0 aliphatic carbocycles. The normalized spacial score (nSPS) is 17.6. The Balaban J connectivity index is 2.00. The minimum Gasteiger partial charge on any atom is -0.507 e. The van der Waals surface area contributed by atoms with Gasteiger partial charge in [0.2, 0.25) is 0 Å². The van der Waals surface area contributed by atoms with Gasteiger partial charge in [-0.2, -0.15) is 0 Å². The molecule has 1 N–H and O–H groups in total. The van der Waals surface area contributed by atoms with Gasteiger partial charge in [0.1, 0.15) is 23.1 Å². The summed E-state index contributed by atoms with van der Waals surface area (Å²) in [5.41, 5.74) is -0.0265. The Labute approximate surface area is 187 Å². The minimum absolute atomic E-state index is 0.0958. The van der Waals surface area contributed by atoms with E-state index in [2.05, 4.69) is 0 Å². The standard InChI is InChI=1S/C24H16ClF2NO4/c1-32-19-10-7-14(25)11-16(19)22(29)20-21(13-5-3-2-4-6-13)28(24(31)23(20)30)18-9-8-15(26)12-17(18)27/h2-12,21,29H,1H3/b22-20+. The van der Waals surface area contributed by atoms with Crippen molar-refractivity contribution < 1.29 is 28.2 Å². The maximum absolute atomic E-state index is 14.7. The van der Waals surface area contributed by atoms with Gasteiger partial charge in [-0.05, 0) is 35.9 Å². The number of halogens is 3. The van der Waals surface area contributed by atoms with Crippen LogP contribution in [0, 0.1) is 11.6 Å². The number of hydrogen-bond acceptors (Lipinski definition) is 4. The van der Waals surface area contributed by atoms with E-state index in [9.17, 15) is 23.5 Å². The molecular weight excluding hydrogens is 440 g/mol. The molecule has 3 aromatic carbocycles. The van der Waals surface area contributed by atoms with Crippen molar-refractivity contribution in [2.45, 2.75) is 6.04 Å². The quantitative estimate of drug-likeness (QED) is 0.331. The molecule has 8 heteroatoms. The number of benzene rings is 3. The molecule has 5 nitrogen and oxygen atoms in total. The van der Waals surface area contributed by atoms with E-state index in [4.69, 9.17) is 16.3 Å². The summed E-state index contributed by atoms with van der Waals surface area (Å²) in [6.07, 6.45) is 0. The summed E-state index contributed by atoms with van der Waals surface area (Å²) in [6, 6.07) is 14.3. The van der Waals surface area contributed by atoms with Crippen LogP contribution in [0.4, 0.5) is 14.5 Å². The SMILES string of the molecule is COc1ccc(Cl)cc1/C(O)=C1\C(=O)C(=O)N(c2ccc(F)cc2F)C1c1ccccc1. The zero-order chi connectivity index (χ0) is 23.0. The molecule has 3 aromatic rings. The van der Waals surface area contributed by atoms with Crippen LogP contribution in [0.5, 0.6) is 5.75 Å². The van der Waals surface area contributed by atoms with Crippen molar-refractivity contribution in [3.05, 3.63) is 100 Å². The first kappa shape index (κ1) is 21.5. The number of ketones is 1. The molecule has 0 radical (unpaired) electrons. The molecule has 1 heterocycles. The van der Waals surface area contributed by atoms with Gasteiger partial charge in [0.05, 0.1) is 30.0 Å². The highest BCUT2D eigenvalue weighted by molar-refractivity contribution is 6.51. The van der Waals surface area contributed by atoms with Crippen molar-refractivity contribution >= 4 is 34.7 Å². The Bertz CT molecular complexity index is 1260. The minimum atomic E-state index is -1.17. The van der Waals surface area contributed by atoms with E-state index in [1.807, 2.05) is 0 Å². The topological polar surface area (TPSA) is 66.8 Å². The molecule has 32 heavy (non-hydrogen) atoms. The first-order chi connectivity index (χ1) is 15.3. The Morgan fingerprint density at radius 1 is 1.03 bits per heavy atom. The molecule has 1 amide bonds. The van der Waals surface area contributed by atoms with Crippen molar-refractivity contribution in [1.29, 1.82) is 0 Å². The summed E-state index contributed by atoms with van der Waals surface area (Å²) in [5, 5.41) is 11.4. The molecule has 4 rings (SSSR count). The van der Waals surface area contributed by atoms with Crippen molar-refractivity contribution in [3.63, 3.8) is 0 Å². The number of carbonyl (C=O) groups excluding carboxylic acids is 2. The first-order valence-electron chi connectivity index (χ1n) is 9.48. The number of aliphatic hydroxyl groups excluding tert-OH is 1. The molecule has 0 aromatic heterocycles. The number of ether oxygens (including phenoxy) is 1. The number of hydrogen-bond donors (Lipinski definition) is 1. The lowest BCUT2D eigenvalue weighted by Gasteiger charge is -2.26. The zero-order valence-electron chi connectivity index (χ0n) is 16.7. The second-order valence-electron chi connectivity index (χ2n) is 7.02. The molecule has 1 aliphatic heterocycles. The Hall–Kier alpha value is -3.71. The van der Waals surface area contributed by atoms with Gasteiger partial charge in [-0.1, -0.05) is 41.9 Å². The van der Waals surface area contributed by atoms with E-state index in [0.29, 0.717) is 11.6 Å². The molecule has 0 saturated carbocycles. The van der Waals surface area contributed by atoms with Crippen LogP contribution >= 0.6 is 11.6 Å². The molecule has 1 fully saturated rings. The van der Waals surface area contributed by atoms with Crippen molar-refractivity contribution in [1.82, 2.24) is 0 Å². The number of rotatable bonds is 4. The highest BCUT2D eigenvalue weighted by atomic mass is 35.5. The molecule has 1 saturated heterocycles. The highest BCUT2D eigenvalue weighted by Gasteiger charge is 2.48. The molecule has 0 bridgehead atoms. The average molecular weight is 456 g/mol. The van der Waals surface area contributed by atoms with Gasteiger partial charge in [-0.15, -0.1) is 0 Å². The van der Waals surface area contributed by atoms with Gasteiger partial charge in [0, 0.05) is 11.1 Å². The lowest BCUT2D eigenvalue weighted by atomic mass is 9.95.